The molecule has 2 saturated heterocycles. The lowest BCUT2D eigenvalue weighted by molar-refractivity contribution is 0.0697. The summed E-state index contributed by atoms with van der Waals surface area (Å²) in [6.45, 7) is 11.7. The van der Waals surface area contributed by atoms with Gasteiger partial charge < -0.3 is 25.1 Å². The van der Waals surface area contributed by atoms with Crippen molar-refractivity contribution in [1.82, 2.24) is 20.1 Å². The Bertz CT molecular complexity index is 1290. The topological polar surface area (TPSA) is 97.7 Å². The van der Waals surface area contributed by atoms with Crippen LogP contribution >= 0.6 is 0 Å². The third-order valence-electron chi connectivity index (χ3n) is 8.08. The van der Waals surface area contributed by atoms with Crippen LogP contribution in [0.1, 0.15) is 45.5 Å². The van der Waals surface area contributed by atoms with Crippen molar-refractivity contribution in [3.8, 4) is 0 Å². The summed E-state index contributed by atoms with van der Waals surface area (Å²) in [5.74, 6) is 1.79. The van der Waals surface area contributed by atoms with Crippen LogP contribution in [0, 0.1) is 27.7 Å². The minimum atomic E-state index is -0.193. The molecule has 1 aromatic carbocycles. The van der Waals surface area contributed by atoms with E-state index >= 15 is 0 Å². The van der Waals surface area contributed by atoms with Gasteiger partial charge in [-0.3, -0.25) is 4.79 Å². The van der Waals surface area contributed by atoms with E-state index in [2.05, 4.69) is 50.2 Å². The van der Waals surface area contributed by atoms with Crippen molar-refractivity contribution in [3.05, 3.63) is 70.5 Å². The molecule has 9 heteroatoms. The molecule has 2 aliphatic heterocycles. The van der Waals surface area contributed by atoms with Crippen molar-refractivity contribution in [2.75, 3.05) is 54.4 Å². The quantitative estimate of drug-likeness (QED) is 0.501. The van der Waals surface area contributed by atoms with E-state index in [9.17, 15) is 9.90 Å². The third-order valence-corrected chi connectivity index (χ3v) is 8.08. The molecule has 2 aliphatic rings. The summed E-state index contributed by atoms with van der Waals surface area (Å²) in [5.41, 5.74) is 6.06. The van der Waals surface area contributed by atoms with Gasteiger partial charge in [0.25, 0.3) is 5.91 Å². The smallest absolute Gasteiger partial charge is 0.254 e. The van der Waals surface area contributed by atoms with Crippen LogP contribution in [0.2, 0.25) is 0 Å². The standard InChI is InChI=1S/C30H39N7O2/c1-20-7-8-26(31-17-20)37-15-14-36(18-25(37)19-38)30(39)28-21(2)16-22(3)29(23(28)4)33-24-9-12-35(13-10-24)27-6-5-11-32-34-27/h5-8,11,16-17,24-25,33,38H,9-10,12-15,18-19H2,1-4H3/t25-/m0/s1. The minimum absolute atomic E-state index is 0.0282. The molecule has 2 N–H and O–H groups in total. The van der Waals surface area contributed by atoms with Crippen LogP contribution in [0.15, 0.2) is 42.7 Å². The Hall–Kier alpha value is -3.72. The summed E-state index contributed by atoms with van der Waals surface area (Å²) in [6, 6.07) is 10.2. The molecule has 3 aromatic rings. The maximum Gasteiger partial charge on any atom is 0.254 e. The van der Waals surface area contributed by atoms with E-state index in [1.807, 2.05) is 49.2 Å². The van der Waals surface area contributed by atoms with Crippen molar-refractivity contribution >= 4 is 23.2 Å². The highest BCUT2D eigenvalue weighted by atomic mass is 16.3. The molecule has 0 unspecified atom stereocenters. The van der Waals surface area contributed by atoms with Gasteiger partial charge >= 0.3 is 0 Å². The molecule has 2 aromatic heterocycles. The van der Waals surface area contributed by atoms with E-state index in [4.69, 9.17) is 0 Å². The fourth-order valence-corrected chi connectivity index (χ4v) is 5.94. The number of nitrogens with one attached hydrogen (secondary N) is 1. The SMILES string of the molecule is Cc1ccc(N2CCN(C(=O)c3c(C)cc(C)c(NC4CCN(c5cccnn5)CC4)c3C)C[C@H]2CO)nc1. The fraction of sp³-hybridized carbons (Fsp3) is 0.467. The first-order valence-electron chi connectivity index (χ1n) is 13.8. The van der Waals surface area contributed by atoms with Gasteiger partial charge in [0.05, 0.1) is 12.6 Å². The third kappa shape index (κ3) is 5.68. The highest BCUT2D eigenvalue weighted by molar-refractivity contribution is 5.99. The minimum Gasteiger partial charge on any atom is -0.394 e. The van der Waals surface area contributed by atoms with E-state index in [-0.39, 0.29) is 18.6 Å². The highest BCUT2D eigenvalue weighted by Crippen LogP contribution is 2.31. The number of anilines is 3. The molecule has 206 valence electrons. The first kappa shape index (κ1) is 26.9. The average Bonchev–Trinajstić information content (AvgIpc) is 2.96. The zero-order valence-electron chi connectivity index (χ0n) is 23.4. The fourth-order valence-electron chi connectivity index (χ4n) is 5.94. The van der Waals surface area contributed by atoms with Crippen molar-refractivity contribution in [1.29, 1.82) is 0 Å². The maximum absolute atomic E-state index is 13.9. The lowest BCUT2D eigenvalue weighted by Crippen LogP contribution is -2.56. The highest BCUT2D eigenvalue weighted by Gasteiger charge is 2.32. The van der Waals surface area contributed by atoms with E-state index in [1.165, 1.54) is 0 Å². The number of aliphatic hydroxyl groups is 1. The Labute approximate surface area is 230 Å². The van der Waals surface area contributed by atoms with E-state index in [0.29, 0.717) is 25.7 Å². The van der Waals surface area contributed by atoms with E-state index < -0.39 is 0 Å². The van der Waals surface area contributed by atoms with Gasteiger partial charge in [0.15, 0.2) is 5.82 Å². The molecule has 5 rings (SSSR count). The number of pyridine rings is 1. The lowest BCUT2D eigenvalue weighted by atomic mass is 9.94. The van der Waals surface area contributed by atoms with Gasteiger partial charge in [0.2, 0.25) is 0 Å². The number of benzene rings is 1. The van der Waals surface area contributed by atoms with Gasteiger partial charge in [-0.05, 0) is 81.0 Å². The Morgan fingerprint density at radius 3 is 2.49 bits per heavy atom. The first-order valence-corrected chi connectivity index (χ1v) is 13.8. The normalized spacial score (nSPS) is 18.4. The summed E-state index contributed by atoms with van der Waals surface area (Å²) in [5, 5.41) is 22.2. The van der Waals surface area contributed by atoms with Crippen molar-refractivity contribution in [2.24, 2.45) is 0 Å². The predicted molar refractivity (Wildman–Crippen MR) is 155 cm³/mol. The molecule has 0 radical (unpaired) electrons. The zero-order chi connectivity index (χ0) is 27.5. The molecule has 1 amide bonds. The number of aromatic nitrogens is 3. The van der Waals surface area contributed by atoms with Crippen molar-refractivity contribution in [2.45, 2.75) is 52.6 Å². The van der Waals surface area contributed by atoms with E-state index in [1.54, 1.807) is 6.20 Å². The Morgan fingerprint density at radius 1 is 1.03 bits per heavy atom. The number of nitrogens with zero attached hydrogens (tertiary/aromatic N) is 6. The number of hydrogen-bond donors (Lipinski definition) is 2. The van der Waals surface area contributed by atoms with E-state index in [0.717, 1.165) is 71.1 Å². The van der Waals surface area contributed by atoms with Gasteiger partial charge in [-0.1, -0.05) is 12.1 Å². The van der Waals surface area contributed by atoms with Gasteiger partial charge in [0, 0.05) is 62.4 Å². The van der Waals surface area contributed by atoms with Crippen LogP contribution < -0.4 is 15.1 Å². The van der Waals surface area contributed by atoms with Crippen LogP contribution in [0.25, 0.3) is 0 Å². The molecule has 1 atom stereocenters. The second-order valence-corrected chi connectivity index (χ2v) is 10.8. The maximum atomic E-state index is 13.9. The zero-order valence-corrected chi connectivity index (χ0v) is 23.4. The van der Waals surface area contributed by atoms with Crippen LogP contribution in [-0.2, 0) is 0 Å². The molecule has 0 spiro atoms. The number of piperidine rings is 1. The first-order chi connectivity index (χ1) is 18.9. The molecule has 39 heavy (non-hydrogen) atoms. The van der Waals surface area contributed by atoms with Gasteiger partial charge in [-0.2, -0.15) is 5.10 Å². The second-order valence-electron chi connectivity index (χ2n) is 10.8. The number of piperazine rings is 1. The molecular weight excluding hydrogens is 490 g/mol. The molecule has 0 aliphatic carbocycles. The molecule has 0 saturated carbocycles. The van der Waals surface area contributed by atoms with Gasteiger partial charge in [0.1, 0.15) is 5.82 Å². The number of carbonyl (C=O) groups is 1. The molecule has 2 fully saturated rings. The molecule has 0 bridgehead atoms. The number of aliphatic hydroxyl groups excluding tert-OH is 1. The van der Waals surface area contributed by atoms with Crippen molar-refractivity contribution < 1.29 is 9.90 Å². The monoisotopic (exact) mass is 529 g/mol. The number of rotatable bonds is 6. The van der Waals surface area contributed by atoms with Gasteiger partial charge in [-0.25, -0.2) is 4.98 Å². The van der Waals surface area contributed by atoms with Crippen LogP contribution in [-0.4, -0.2) is 82.5 Å². The summed E-state index contributed by atoms with van der Waals surface area (Å²) in [6.07, 6.45) is 5.51. The van der Waals surface area contributed by atoms with Gasteiger partial charge in [-0.15, -0.1) is 5.10 Å². The largest absolute Gasteiger partial charge is 0.394 e. The Morgan fingerprint density at radius 2 is 1.82 bits per heavy atom. The summed E-state index contributed by atoms with van der Waals surface area (Å²) in [7, 11) is 0. The van der Waals surface area contributed by atoms with Crippen molar-refractivity contribution in [3.63, 3.8) is 0 Å². The van der Waals surface area contributed by atoms with Crippen LogP contribution in [0.5, 0.6) is 0 Å². The Kier molecular flexibility index (Phi) is 7.97. The molecule has 9 nitrogen and oxygen atoms in total. The molecular formula is C30H39N7O2. The summed E-state index contributed by atoms with van der Waals surface area (Å²) < 4.78 is 0. The number of hydrogen-bond acceptors (Lipinski definition) is 8. The summed E-state index contributed by atoms with van der Waals surface area (Å²) in [4.78, 5) is 24.7. The van der Waals surface area contributed by atoms with Crippen LogP contribution in [0.4, 0.5) is 17.3 Å². The summed E-state index contributed by atoms with van der Waals surface area (Å²) >= 11 is 0. The second kappa shape index (κ2) is 11.6. The Balaban J connectivity index is 1.29. The lowest BCUT2D eigenvalue weighted by Gasteiger charge is -2.41. The number of aryl methyl sites for hydroxylation is 3. The number of carbonyl (C=O) groups excluding carboxylic acids is 1. The average molecular weight is 530 g/mol. The van der Waals surface area contributed by atoms with Crippen LogP contribution in [0.3, 0.4) is 0 Å². The number of amides is 1. The predicted octanol–water partition coefficient (Wildman–Crippen LogP) is 3.51. The molecule has 4 heterocycles.